The number of carbonyl (C=O) groups excluding carboxylic acids is 1. The molecule has 2 fully saturated rings. The number of aromatic nitrogens is 4. The molecule has 3 unspecified atom stereocenters. The maximum atomic E-state index is 11.7. The molecule has 0 spiro atoms. The normalized spacial score (nSPS) is 24.6. The van der Waals surface area contributed by atoms with Crippen LogP contribution in [0.5, 0.6) is 0 Å². The lowest BCUT2D eigenvalue weighted by Crippen LogP contribution is -2.46. The van der Waals surface area contributed by atoms with E-state index in [9.17, 15) is 10.1 Å². The minimum Gasteiger partial charge on any atom is -0.381 e. The topological polar surface area (TPSA) is 140 Å². The van der Waals surface area contributed by atoms with Crippen LogP contribution in [0.3, 0.4) is 0 Å². The standard InChI is InChI=1S/C21H27N9O/c1-14(30-7-3-6-18(30)10-22)20(23)12-29-11-17(9-19(29)13-31)24-16-5-2-4-15(8-16)21-25-27-28-26-21/h2,4-5,8,13,17-20,24H,1,3,6-7,9,11-12,23H2,(H,25,26,27,28)/t17-,18?,19?,20?/m0/s1. The molecule has 1 aromatic carbocycles. The monoisotopic (exact) mass is 421 g/mol. The lowest BCUT2D eigenvalue weighted by Gasteiger charge is -2.31. The molecule has 1 aromatic heterocycles. The van der Waals surface area contributed by atoms with Gasteiger partial charge in [0.25, 0.3) is 0 Å². The Labute approximate surface area is 181 Å². The first kappa shape index (κ1) is 21.0. The zero-order chi connectivity index (χ0) is 21.8. The van der Waals surface area contributed by atoms with Crippen LogP contribution in [0.4, 0.5) is 5.69 Å². The molecule has 2 aliphatic rings. The Morgan fingerprint density at radius 3 is 3.13 bits per heavy atom. The van der Waals surface area contributed by atoms with Crippen LogP contribution >= 0.6 is 0 Å². The highest BCUT2D eigenvalue weighted by Gasteiger charge is 2.35. The highest BCUT2D eigenvalue weighted by Crippen LogP contribution is 2.26. The number of rotatable bonds is 8. The number of nitrogens with zero attached hydrogens (tertiary/aromatic N) is 6. The molecule has 0 aliphatic carbocycles. The Morgan fingerprint density at radius 1 is 1.52 bits per heavy atom. The predicted octanol–water partition coefficient (Wildman–Crippen LogP) is 0.749. The third kappa shape index (κ3) is 4.57. The Balaban J connectivity index is 1.38. The maximum Gasteiger partial charge on any atom is 0.179 e. The third-order valence-electron chi connectivity index (χ3n) is 6.09. The summed E-state index contributed by atoms with van der Waals surface area (Å²) in [5.41, 5.74) is 9.03. The van der Waals surface area contributed by atoms with Gasteiger partial charge >= 0.3 is 0 Å². The molecule has 4 atom stereocenters. The van der Waals surface area contributed by atoms with E-state index in [0.29, 0.717) is 25.3 Å². The van der Waals surface area contributed by atoms with Crippen molar-refractivity contribution in [2.45, 2.75) is 43.4 Å². The number of aromatic amines is 1. The number of benzene rings is 1. The van der Waals surface area contributed by atoms with Crippen molar-refractivity contribution in [3.63, 3.8) is 0 Å². The second kappa shape index (κ2) is 9.24. The smallest absolute Gasteiger partial charge is 0.179 e. The van der Waals surface area contributed by atoms with E-state index in [1.165, 1.54) is 0 Å². The summed E-state index contributed by atoms with van der Waals surface area (Å²) < 4.78 is 0. The van der Waals surface area contributed by atoms with Crippen molar-refractivity contribution in [2.24, 2.45) is 5.73 Å². The molecule has 0 radical (unpaired) electrons. The van der Waals surface area contributed by atoms with Crippen molar-refractivity contribution in [1.82, 2.24) is 30.4 Å². The first-order valence-corrected chi connectivity index (χ1v) is 10.5. The summed E-state index contributed by atoms with van der Waals surface area (Å²) in [6.45, 7) is 6.18. The average Bonchev–Trinajstić information content (AvgIpc) is 3.54. The fourth-order valence-corrected chi connectivity index (χ4v) is 4.48. The van der Waals surface area contributed by atoms with Crippen LogP contribution < -0.4 is 11.1 Å². The number of hydrogen-bond acceptors (Lipinski definition) is 9. The number of nitriles is 1. The summed E-state index contributed by atoms with van der Waals surface area (Å²) in [6, 6.07) is 9.58. The van der Waals surface area contributed by atoms with Gasteiger partial charge in [-0.05, 0) is 41.8 Å². The van der Waals surface area contributed by atoms with Gasteiger partial charge in [-0.2, -0.15) is 5.26 Å². The molecule has 0 bridgehead atoms. The van der Waals surface area contributed by atoms with E-state index in [1.54, 1.807) is 0 Å². The summed E-state index contributed by atoms with van der Waals surface area (Å²) in [6.07, 6.45) is 3.50. The van der Waals surface area contributed by atoms with Crippen molar-refractivity contribution < 1.29 is 4.79 Å². The first-order chi connectivity index (χ1) is 15.1. The second-order valence-electron chi connectivity index (χ2n) is 8.14. The van der Waals surface area contributed by atoms with Crippen LogP contribution in [0.15, 0.2) is 36.5 Å². The molecule has 31 heavy (non-hydrogen) atoms. The third-order valence-corrected chi connectivity index (χ3v) is 6.09. The molecule has 0 saturated carbocycles. The summed E-state index contributed by atoms with van der Waals surface area (Å²) in [4.78, 5) is 15.8. The minimum atomic E-state index is -0.322. The zero-order valence-corrected chi connectivity index (χ0v) is 17.3. The number of tetrazole rings is 1. The van der Waals surface area contributed by atoms with Crippen LogP contribution in [0.1, 0.15) is 19.3 Å². The molecular weight excluding hydrogens is 394 g/mol. The number of anilines is 1. The fraction of sp³-hybridized carbons (Fsp3) is 0.476. The zero-order valence-electron chi connectivity index (χ0n) is 17.3. The highest BCUT2D eigenvalue weighted by molar-refractivity contribution is 5.63. The largest absolute Gasteiger partial charge is 0.381 e. The van der Waals surface area contributed by atoms with E-state index in [0.717, 1.165) is 42.6 Å². The molecule has 2 saturated heterocycles. The van der Waals surface area contributed by atoms with Crippen molar-refractivity contribution in [2.75, 3.05) is 25.0 Å². The predicted molar refractivity (Wildman–Crippen MR) is 116 cm³/mol. The van der Waals surface area contributed by atoms with E-state index < -0.39 is 0 Å². The number of nitrogens with two attached hydrogens (primary N) is 1. The number of nitrogens with one attached hydrogen (secondary N) is 2. The van der Waals surface area contributed by atoms with Crippen LogP contribution in [0.25, 0.3) is 11.4 Å². The van der Waals surface area contributed by atoms with Gasteiger partial charge in [0.15, 0.2) is 5.82 Å². The minimum absolute atomic E-state index is 0.109. The van der Waals surface area contributed by atoms with Gasteiger partial charge in [0.1, 0.15) is 12.3 Å². The maximum absolute atomic E-state index is 11.7. The van der Waals surface area contributed by atoms with Gasteiger partial charge in [0.05, 0.1) is 18.2 Å². The molecule has 4 rings (SSSR count). The number of likely N-dealkylation sites (tertiary alicyclic amines) is 2. The fourth-order valence-electron chi connectivity index (χ4n) is 4.48. The summed E-state index contributed by atoms with van der Waals surface area (Å²) in [5.74, 6) is 0.601. The van der Waals surface area contributed by atoms with Gasteiger partial charge in [0.2, 0.25) is 0 Å². The molecule has 10 nitrogen and oxygen atoms in total. The van der Waals surface area contributed by atoms with E-state index in [1.807, 2.05) is 29.2 Å². The Hall–Kier alpha value is -3.29. The van der Waals surface area contributed by atoms with Gasteiger partial charge < -0.3 is 20.7 Å². The van der Waals surface area contributed by atoms with E-state index in [2.05, 4.69) is 43.5 Å². The lowest BCUT2D eigenvalue weighted by atomic mass is 10.1. The van der Waals surface area contributed by atoms with E-state index >= 15 is 0 Å². The summed E-state index contributed by atoms with van der Waals surface area (Å²) in [7, 11) is 0. The Bertz CT molecular complexity index is 954. The van der Waals surface area contributed by atoms with Crippen molar-refractivity contribution in [1.29, 1.82) is 5.26 Å². The second-order valence-corrected chi connectivity index (χ2v) is 8.14. The molecular formula is C21H27N9O. The average molecular weight is 422 g/mol. The quantitative estimate of drug-likeness (QED) is 0.527. The number of carbonyl (C=O) groups is 1. The van der Waals surface area contributed by atoms with Crippen LogP contribution in [-0.4, -0.2) is 80.5 Å². The van der Waals surface area contributed by atoms with E-state index in [-0.39, 0.29) is 24.2 Å². The molecule has 4 N–H and O–H groups in total. The van der Waals surface area contributed by atoms with Crippen LogP contribution in [-0.2, 0) is 4.79 Å². The Morgan fingerprint density at radius 2 is 2.39 bits per heavy atom. The molecule has 3 heterocycles. The van der Waals surface area contributed by atoms with Gasteiger partial charge in [-0.25, -0.2) is 5.10 Å². The Kier molecular flexibility index (Phi) is 6.25. The highest BCUT2D eigenvalue weighted by atomic mass is 16.1. The van der Waals surface area contributed by atoms with Crippen LogP contribution in [0.2, 0.25) is 0 Å². The number of hydrogen-bond donors (Lipinski definition) is 3. The molecule has 162 valence electrons. The van der Waals surface area contributed by atoms with Crippen molar-refractivity contribution in [3.8, 4) is 17.5 Å². The van der Waals surface area contributed by atoms with Gasteiger partial charge in [0, 0.05) is 42.6 Å². The van der Waals surface area contributed by atoms with Crippen LogP contribution in [0, 0.1) is 11.3 Å². The van der Waals surface area contributed by atoms with E-state index in [4.69, 9.17) is 5.73 Å². The SMILES string of the molecule is C=C(C(N)CN1C[C@@H](Nc2cccc(-c3nnn[nH]3)c2)CC1C=O)N1CCCC1C#N. The van der Waals surface area contributed by atoms with Gasteiger partial charge in [-0.15, -0.1) is 5.10 Å². The molecule has 2 aliphatic heterocycles. The van der Waals surface area contributed by atoms with Gasteiger partial charge in [-0.3, -0.25) is 4.90 Å². The lowest BCUT2D eigenvalue weighted by molar-refractivity contribution is -0.111. The molecule has 2 aromatic rings. The number of aldehydes is 1. The molecule has 0 amide bonds. The van der Waals surface area contributed by atoms with Crippen molar-refractivity contribution >= 4 is 12.0 Å². The van der Waals surface area contributed by atoms with Crippen molar-refractivity contribution in [3.05, 3.63) is 36.5 Å². The summed E-state index contributed by atoms with van der Waals surface area (Å²) in [5, 5.41) is 26.8. The summed E-state index contributed by atoms with van der Waals surface area (Å²) >= 11 is 0. The molecule has 10 heteroatoms. The van der Waals surface area contributed by atoms with Gasteiger partial charge in [-0.1, -0.05) is 18.7 Å². The number of H-pyrrole nitrogens is 1. The first-order valence-electron chi connectivity index (χ1n) is 10.5.